The Morgan fingerprint density at radius 3 is 2.91 bits per heavy atom. The Hall–Kier alpha value is -2.87. The number of hydrogen-bond acceptors (Lipinski definition) is 4. The summed E-state index contributed by atoms with van der Waals surface area (Å²) in [6, 6.07) is 15.7. The van der Waals surface area contributed by atoms with Gasteiger partial charge in [-0.05, 0) is 24.1 Å². The van der Waals surface area contributed by atoms with Gasteiger partial charge in [-0.3, -0.25) is 4.79 Å². The number of amides is 1. The zero-order valence-corrected chi connectivity index (χ0v) is 12.8. The molecule has 1 N–H and O–H groups in total. The van der Waals surface area contributed by atoms with E-state index in [1.807, 2.05) is 41.3 Å². The Morgan fingerprint density at radius 2 is 2.13 bits per heavy atom. The van der Waals surface area contributed by atoms with Gasteiger partial charge in [0, 0.05) is 25.3 Å². The minimum atomic E-state index is 0.146. The smallest absolute Gasteiger partial charge is 0.227 e. The average molecular weight is 306 g/mol. The Balaban J connectivity index is 1.58. The lowest BCUT2D eigenvalue weighted by atomic mass is 10.1. The predicted octanol–water partition coefficient (Wildman–Crippen LogP) is 2.21. The molecule has 0 saturated carbocycles. The molecule has 0 radical (unpaired) electrons. The predicted molar refractivity (Wildman–Crippen MR) is 87.7 cm³/mol. The molecule has 1 aromatic carbocycles. The normalized spacial score (nSPS) is 16.8. The number of hydrogen-bond donors (Lipinski definition) is 1. The van der Waals surface area contributed by atoms with Crippen molar-refractivity contribution < 1.29 is 4.79 Å². The third kappa shape index (κ3) is 3.67. The van der Waals surface area contributed by atoms with Gasteiger partial charge in [0.05, 0.1) is 12.1 Å². The van der Waals surface area contributed by atoms with Crippen LogP contribution in [0.3, 0.4) is 0 Å². The first-order valence-corrected chi connectivity index (χ1v) is 7.69. The van der Waals surface area contributed by atoms with E-state index in [0.29, 0.717) is 18.7 Å². The molecule has 5 heteroatoms. The van der Waals surface area contributed by atoms with Crippen molar-refractivity contribution in [1.29, 1.82) is 5.26 Å². The highest BCUT2D eigenvalue weighted by atomic mass is 16.2. The van der Waals surface area contributed by atoms with Crippen molar-refractivity contribution in [1.82, 2.24) is 9.88 Å². The lowest BCUT2D eigenvalue weighted by Crippen LogP contribution is -2.32. The number of nitrogens with one attached hydrogen (secondary N) is 1. The fourth-order valence-electron chi connectivity index (χ4n) is 2.82. The first-order chi connectivity index (χ1) is 11.3. The van der Waals surface area contributed by atoms with Crippen LogP contribution < -0.4 is 5.32 Å². The number of carbonyl (C=O) groups is 1. The average Bonchev–Trinajstić information content (AvgIpc) is 3.05. The highest BCUT2D eigenvalue weighted by Crippen LogP contribution is 2.18. The molecular formula is C18H18N4O. The van der Waals surface area contributed by atoms with Crippen LogP contribution in [0.15, 0.2) is 48.7 Å². The highest BCUT2D eigenvalue weighted by Gasteiger charge is 2.26. The number of aromatic nitrogens is 1. The van der Waals surface area contributed by atoms with Gasteiger partial charge in [0.2, 0.25) is 5.91 Å². The van der Waals surface area contributed by atoms with E-state index in [-0.39, 0.29) is 11.9 Å². The van der Waals surface area contributed by atoms with Gasteiger partial charge >= 0.3 is 0 Å². The standard InChI is InChI=1S/C18H18N4O/c19-12-17-16(7-4-9-20-17)21-15-8-10-22(13-15)18(23)11-14-5-2-1-3-6-14/h1-7,9,15,21H,8,10-11,13H2. The molecule has 2 heterocycles. The molecule has 0 bridgehead atoms. The molecular weight excluding hydrogens is 288 g/mol. The van der Waals surface area contributed by atoms with Crippen LogP contribution in [-0.2, 0) is 11.2 Å². The van der Waals surface area contributed by atoms with E-state index in [9.17, 15) is 4.79 Å². The lowest BCUT2D eigenvalue weighted by molar-refractivity contribution is -0.129. The van der Waals surface area contributed by atoms with Crippen molar-refractivity contribution in [2.75, 3.05) is 18.4 Å². The molecule has 5 nitrogen and oxygen atoms in total. The van der Waals surface area contributed by atoms with E-state index in [4.69, 9.17) is 5.26 Å². The first-order valence-electron chi connectivity index (χ1n) is 7.69. The third-order valence-electron chi connectivity index (χ3n) is 4.01. The second-order valence-corrected chi connectivity index (χ2v) is 5.64. The minimum Gasteiger partial charge on any atom is -0.378 e. The summed E-state index contributed by atoms with van der Waals surface area (Å²) in [5.74, 6) is 0.146. The number of rotatable bonds is 4. The molecule has 1 aromatic heterocycles. The molecule has 1 aliphatic heterocycles. The van der Waals surface area contributed by atoms with Crippen molar-refractivity contribution in [3.63, 3.8) is 0 Å². The van der Waals surface area contributed by atoms with E-state index < -0.39 is 0 Å². The summed E-state index contributed by atoms with van der Waals surface area (Å²) in [5, 5.41) is 12.4. The van der Waals surface area contributed by atoms with Crippen LogP contribution in [0, 0.1) is 11.3 Å². The second-order valence-electron chi connectivity index (χ2n) is 5.64. The number of likely N-dealkylation sites (tertiary alicyclic amines) is 1. The van der Waals surface area contributed by atoms with Crippen molar-refractivity contribution in [3.8, 4) is 6.07 Å². The monoisotopic (exact) mass is 306 g/mol. The largest absolute Gasteiger partial charge is 0.378 e. The highest BCUT2D eigenvalue weighted by molar-refractivity contribution is 5.79. The van der Waals surface area contributed by atoms with E-state index in [1.54, 1.807) is 12.3 Å². The summed E-state index contributed by atoms with van der Waals surface area (Å²) in [7, 11) is 0. The van der Waals surface area contributed by atoms with Gasteiger partial charge in [-0.1, -0.05) is 30.3 Å². The van der Waals surface area contributed by atoms with Gasteiger partial charge in [-0.2, -0.15) is 5.26 Å². The maximum Gasteiger partial charge on any atom is 0.227 e. The van der Waals surface area contributed by atoms with Crippen LogP contribution in [0.25, 0.3) is 0 Å². The van der Waals surface area contributed by atoms with E-state index in [2.05, 4.69) is 16.4 Å². The van der Waals surface area contributed by atoms with E-state index in [1.165, 1.54) is 0 Å². The number of anilines is 1. The Morgan fingerprint density at radius 1 is 1.30 bits per heavy atom. The zero-order valence-electron chi connectivity index (χ0n) is 12.8. The summed E-state index contributed by atoms with van der Waals surface area (Å²) in [4.78, 5) is 18.3. The number of pyridine rings is 1. The third-order valence-corrected chi connectivity index (χ3v) is 4.01. The van der Waals surface area contributed by atoms with Gasteiger partial charge < -0.3 is 10.2 Å². The fraction of sp³-hybridized carbons (Fsp3) is 0.278. The van der Waals surface area contributed by atoms with Crippen molar-refractivity contribution in [3.05, 3.63) is 59.9 Å². The topological polar surface area (TPSA) is 69.0 Å². The SMILES string of the molecule is N#Cc1ncccc1NC1CCN(C(=O)Cc2ccccc2)C1. The Labute approximate surface area is 135 Å². The number of nitriles is 1. The molecule has 3 rings (SSSR count). The van der Waals surface area contributed by atoms with Crippen molar-refractivity contribution in [2.24, 2.45) is 0 Å². The summed E-state index contributed by atoms with van der Waals surface area (Å²) in [6.07, 6.45) is 2.91. The molecule has 1 saturated heterocycles. The summed E-state index contributed by atoms with van der Waals surface area (Å²) >= 11 is 0. The summed E-state index contributed by atoms with van der Waals surface area (Å²) in [5.41, 5.74) is 2.16. The number of benzene rings is 1. The second kappa shape index (κ2) is 6.93. The molecule has 2 aromatic rings. The van der Waals surface area contributed by atoms with Crippen LogP contribution in [0.1, 0.15) is 17.7 Å². The maximum atomic E-state index is 12.4. The molecule has 1 aliphatic rings. The number of nitrogens with zero attached hydrogens (tertiary/aromatic N) is 3. The summed E-state index contributed by atoms with van der Waals surface area (Å²) in [6.45, 7) is 1.40. The molecule has 1 fully saturated rings. The molecule has 116 valence electrons. The molecule has 1 atom stereocenters. The quantitative estimate of drug-likeness (QED) is 0.940. The molecule has 0 spiro atoms. The van der Waals surface area contributed by atoms with Crippen LogP contribution in [0.4, 0.5) is 5.69 Å². The maximum absolute atomic E-state index is 12.4. The number of carbonyl (C=O) groups excluding carboxylic acids is 1. The Kier molecular flexibility index (Phi) is 4.53. The van der Waals surface area contributed by atoms with Gasteiger partial charge in [-0.25, -0.2) is 4.98 Å². The molecule has 1 amide bonds. The minimum absolute atomic E-state index is 0.146. The zero-order chi connectivity index (χ0) is 16.1. The van der Waals surface area contributed by atoms with E-state index in [0.717, 1.165) is 24.2 Å². The van der Waals surface area contributed by atoms with Gasteiger partial charge in [0.25, 0.3) is 0 Å². The fourth-order valence-corrected chi connectivity index (χ4v) is 2.82. The van der Waals surface area contributed by atoms with Crippen LogP contribution in [-0.4, -0.2) is 34.9 Å². The van der Waals surface area contributed by atoms with Crippen molar-refractivity contribution in [2.45, 2.75) is 18.9 Å². The Bertz CT molecular complexity index is 723. The molecule has 23 heavy (non-hydrogen) atoms. The molecule has 0 aliphatic carbocycles. The first kappa shape index (κ1) is 15.0. The van der Waals surface area contributed by atoms with E-state index >= 15 is 0 Å². The van der Waals surface area contributed by atoms with Crippen LogP contribution >= 0.6 is 0 Å². The van der Waals surface area contributed by atoms with Crippen molar-refractivity contribution >= 4 is 11.6 Å². The summed E-state index contributed by atoms with van der Waals surface area (Å²) < 4.78 is 0. The van der Waals surface area contributed by atoms with Crippen LogP contribution in [0.2, 0.25) is 0 Å². The van der Waals surface area contributed by atoms with Gasteiger partial charge in [0.15, 0.2) is 5.69 Å². The van der Waals surface area contributed by atoms with Gasteiger partial charge in [-0.15, -0.1) is 0 Å². The van der Waals surface area contributed by atoms with Crippen LogP contribution in [0.5, 0.6) is 0 Å². The lowest BCUT2D eigenvalue weighted by Gasteiger charge is -2.18. The molecule has 1 unspecified atom stereocenters. The van der Waals surface area contributed by atoms with Gasteiger partial charge in [0.1, 0.15) is 6.07 Å².